The van der Waals surface area contributed by atoms with Crippen molar-refractivity contribution < 1.29 is 26.6 Å². The molecule has 0 amide bonds. The highest BCUT2D eigenvalue weighted by Crippen LogP contribution is 2.30. The molecule has 2 aromatic carbocycles. The quantitative estimate of drug-likeness (QED) is 0.274. The number of nitrogens with one attached hydrogen (secondary N) is 2. The van der Waals surface area contributed by atoms with Crippen molar-refractivity contribution in [3.63, 3.8) is 0 Å². The number of pyridine rings is 1. The topological polar surface area (TPSA) is 74.8 Å². The maximum atomic E-state index is 15.0. The van der Waals surface area contributed by atoms with E-state index in [4.69, 9.17) is 0 Å². The Kier molecular flexibility index (Phi) is 6.28. The summed E-state index contributed by atoms with van der Waals surface area (Å²) in [6.45, 7) is 1.80. The summed E-state index contributed by atoms with van der Waals surface area (Å²) in [5, 5.41) is 0.244. The van der Waals surface area contributed by atoms with Crippen molar-refractivity contribution in [2.75, 3.05) is 10.5 Å². The van der Waals surface area contributed by atoms with Crippen LogP contribution in [0, 0.1) is 23.3 Å². The van der Waals surface area contributed by atoms with Gasteiger partial charge in [0.05, 0.1) is 11.3 Å². The molecule has 4 aromatic rings. The predicted octanol–water partition coefficient (Wildman–Crippen LogP) is 5.50. The van der Waals surface area contributed by atoms with Crippen LogP contribution < -0.4 is 4.72 Å². The third-order valence-electron chi connectivity index (χ3n) is 4.96. The Labute approximate surface area is 188 Å². The number of fused-ring (bicyclic) bond motifs is 1. The van der Waals surface area contributed by atoms with Crippen LogP contribution in [0.3, 0.4) is 0 Å². The van der Waals surface area contributed by atoms with E-state index in [0.29, 0.717) is 17.5 Å². The molecule has 10 heteroatoms. The van der Waals surface area contributed by atoms with Crippen molar-refractivity contribution in [3.8, 4) is 11.1 Å². The van der Waals surface area contributed by atoms with Crippen molar-refractivity contribution in [2.45, 2.75) is 13.3 Å². The molecule has 2 heterocycles. The second-order valence-electron chi connectivity index (χ2n) is 7.22. The van der Waals surface area contributed by atoms with Gasteiger partial charge in [-0.15, -0.1) is 0 Å². The van der Waals surface area contributed by atoms with Crippen LogP contribution in [0.4, 0.5) is 23.2 Å². The first kappa shape index (κ1) is 22.7. The molecule has 5 nitrogen and oxygen atoms in total. The first-order valence-corrected chi connectivity index (χ1v) is 11.2. The number of carbonyl (C=O) groups is 1. The standard InChI is InChI=1S/C23H17F4N3O2S/c1-2-7-33(32)30-19-6-5-17(25)20(21(19)27)22(31)15-11-29-23-14(15)8-13(10-28-23)12-3-4-16(24)18(26)9-12/h3-6,8-11,30H,2,7H2,1H3,(H,28,29). The van der Waals surface area contributed by atoms with Crippen LogP contribution >= 0.6 is 0 Å². The van der Waals surface area contributed by atoms with E-state index < -0.39 is 45.6 Å². The van der Waals surface area contributed by atoms with Crippen LogP contribution in [0.2, 0.25) is 0 Å². The second kappa shape index (κ2) is 9.14. The number of anilines is 1. The molecular formula is C23H17F4N3O2S. The van der Waals surface area contributed by atoms with Gasteiger partial charge in [-0.2, -0.15) is 0 Å². The van der Waals surface area contributed by atoms with E-state index in [9.17, 15) is 22.2 Å². The second-order valence-corrected chi connectivity index (χ2v) is 8.52. The van der Waals surface area contributed by atoms with Crippen LogP contribution in [0.25, 0.3) is 22.2 Å². The van der Waals surface area contributed by atoms with Gasteiger partial charge in [0.2, 0.25) is 5.78 Å². The Morgan fingerprint density at radius 2 is 1.79 bits per heavy atom. The number of H-pyrrole nitrogens is 1. The Hall–Kier alpha value is -3.53. The number of rotatable bonds is 7. The summed E-state index contributed by atoms with van der Waals surface area (Å²) in [6, 6.07) is 6.78. The number of nitrogens with zero attached hydrogens (tertiary/aromatic N) is 1. The molecule has 0 aliphatic heterocycles. The Morgan fingerprint density at radius 1 is 1.03 bits per heavy atom. The summed E-state index contributed by atoms with van der Waals surface area (Å²) in [5.74, 6) is -5.00. The predicted molar refractivity (Wildman–Crippen MR) is 118 cm³/mol. The van der Waals surface area contributed by atoms with Gasteiger partial charge >= 0.3 is 0 Å². The van der Waals surface area contributed by atoms with E-state index in [0.717, 1.165) is 24.3 Å². The summed E-state index contributed by atoms with van der Waals surface area (Å²) in [7, 11) is -1.59. The molecule has 0 bridgehead atoms. The monoisotopic (exact) mass is 475 g/mol. The summed E-state index contributed by atoms with van der Waals surface area (Å²) in [6.07, 6.45) is 3.24. The first-order chi connectivity index (χ1) is 15.8. The van der Waals surface area contributed by atoms with Crippen molar-refractivity contribution in [3.05, 3.63) is 83.2 Å². The van der Waals surface area contributed by atoms with E-state index in [1.165, 1.54) is 24.5 Å². The maximum Gasteiger partial charge on any atom is 0.201 e. The zero-order valence-electron chi connectivity index (χ0n) is 17.2. The van der Waals surface area contributed by atoms with Gasteiger partial charge in [0, 0.05) is 34.7 Å². The number of hydrogen-bond donors (Lipinski definition) is 2. The normalized spacial score (nSPS) is 12.2. The molecule has 0 fully saturated rings. The lowest BCUT2D eigenvalue weighted by Gasteiger charge is -2.10. The number of hydrogen-bond acceptors (Lipinski definition) is 3. The first-order valence-electron chi connectivity index (χ1n) is 9.90. The van der Waals surface area contributed by atoms with Crippen LogP contribution in [0.15, 0.2) is 48.8 Å². The lowest BCUT2D eigenvalue weighted by atomic mass is 10.00. The number of aromatic amines is 1. The fraction of sp³-hybridized carbons (Fsp3) is 0.130. The summed E-state index contributed by atoms with van der Waals surface area (Å²) < 4.78 is 70.9. The molecule has 2 N–H and O–H groups in total. The van der Waals surface area contributed by atoms with E-state index in [2.05, 4.69) is 14.7 Å². The molecule has 4 rings (SSSR count). The smallest absolute Gasteiger partial charge is 0.201 e. The van der Waals surface area contributed by atoms with Gasteiger partial charge in [0.15, 0.2) is 17.5 Å². The van der Waals surface area contributed by atoms with E-state index in [-0.39, 0.29) is 28.0 Å². The average molecular weight is 475 g/mol. The SMILES string of the molecule is CCCS(=O)Nc1ccc(F)c(C(=O)c2c[nH]c3ncc(-c4ccc(F)c(F)c4)cc23)c1F. The molecule has 0 aliphatic rings. The minimum Gasteiger partial charge on any atom is -0.345 e. The van der Waals surface area contributed by atoms with Gasteiger partial charge in [-0.1, -0.05) is 13.0 Å². The molecule has 0 aliphatic carbocycles. The highest BCUT2D eigenvalue weighted by molar-refractivity contribution is 7.86. The number of benzene rings is 2. The molecular weight excluding hydrogens is 458 g/mol. The average Bonchev–Trinajstić information content (AvgIpc) is 3.21. The highest BCUT2D eigenvalue weighted by Gasteiger charge is 2.25. The molecule has 170 valence electrons. The molecule has 0 saturated heterocycles. The molecule has 1 atom stereocenters. The molecule has 33 heavy (non-hydrogen) atoms. The van der Waals surface area contributed by atoms with Crippen LogP contribution in [-0.2, 0) is 11.0 Å². The van der Waals surface area contributed by atoms with Crippen LogP contribution in [-0.4, -0.2) is 25.7 Å². The van der Waals surface area contributed by atoms with Crippen molar-refractivity contribution in [1.82, 2.24) is 9.97 Å². The largest absolute Gasteiger partial charge is 0.345 e. The van der Waals surface area contributed by atoms with Gasteiger partial charge < -0.3 is 9.71 Å². The Balaban J connectivity index is 1.77. The molecule has 1 unspecified atom stereocenters. The minimum absolute atomic E-state index is 0.0634. The van der Waals surface area contributed by atoms with Crippen molar-refractivity contribution >= 4 is 33.5 Å². The summed E-state index contributed by atoms with van der Waals surface area (Å²) in [4.78, 5) is 20.1. The van der Waals surface area contributed by atoms with E-state index in [1.54, 1.807) is 6.92 Å². The van der Waals surface area contributed by atoms with Crippen LogP contribution in [0.5, 0.6) is 0 Å². The zero-order chi connectivity index (χ0) is 23.7. The molecule has 0 spiro atoms. The zero-order valence-corrected chi connectivity index (χ0v) is 18.0. The van der Waals surface area contributed by atoms with Crippen molar-refractivity contribution in [1.29, 1.82) is 0 Å². The highest BCUT2D eigenvalue weighted by atomic mass is 32.2. The van der Waals surface area contributed by atoms with Crippen LogP contribution in [0.1, 0.15) is 29.3 Å². The number of halogens is 4. The Morgan fingerprint density at radius 3 is 2.52 bits per heavy atom. The lowest BCUT2D eigenvalue weighted by Crippen LogP contribution is -2.13. The summed E-state index contributed by atoms with van der Waals surface area (Å²) in [5.41, 5.74) is -0.179. The van der Waals surface area contributed by atoms with Gasteiger partial charge in [-0.05, 0) is 42.3 Å². The maximum absolute atomic E-state index is 15.0. The fourth-order valence-electron chi connectivity index (χ4n) is 3.36. The van der Waals surface area contributed by atoms with Gasteiger partial charge in [0.1, 0.15) is 22.5 Å². The van der Waals surface area contributed by atoms with E-state index >= 15 is 4.39 Å². The minimum atomic E-state index is -1.59. The summed E-state index contributed by atoms with van der Waals surface area (Å²) >= 11 is 0. The van der Waals surface area contributed by atoms with Crippen molar-refractivity contribution in [2.24, 2.45) is 0 Å². The Bertz CT molecular complexity index is 1400. The lowest BCUT2D eigenvalue weighted by molar-refractivity contribution is 0.103. The fourth-order valence-corrected chi connectivity index (χ4v) is 4.23. The van der Waals surface area contributed by atoms with Gasteiger partial charge in [0.25, 0.3) is 0 Å². The van der Waals surface area contributed by atoms with Gasteiger partial charge in [-0.25, -0.2) is 26.8 Å². The third kappa shape index (κ3) is 4.38. The van der Waals surface area contributed by atoms with Gasteiger partial charge in [-0.3, -0.25) is 4.79 Å². The number of aromatic nitrogens is 2. The third-order valence-corrected chi connectivity index (χ3v) is 6.19. The van der Waals surface area contributed by atoms with E-state index in [1.807, 2.05) is 0 Å². The number of ketones is 1. The molecule has 2 aromatic heterocycles. The molecule has 0 radical (unpaired) electrons. The molecule has 0 saturated carbocycles. The number of carbonyl (C=O) groups excluding carboxylic acids is 1.